The van der Waals surface area contributed by atoms with Crippen molar-refractivity contribution in [1.82, 2.24) is 4.90 Å². The number of benzene rings is 3. The summed E-state index contributed by atoms with van der Waals surface area (Å²) in [7, 11) is 0. The molecule has 6 heteroatoms. The Labute approximate surface area is 176 Å². The first-order valence-electron chi connectivity index (χ1n) is 9.15. The van der Waals surface area contributed by atoms with Crippen molar-refractivity contribution in [2.24, 2.45) is 0 Å². The lowest BCUT2D eigenvalue weighted by Gasteiger charge is -2.31. The molecule has 4 rings (SSSR count). The van der Waals surface area contributed by atoms with Crippen LogP contribution in [-0.4, -0.2) is 23.3 Å². The number of rotatable bonds is 2. The van der Waals surface area contributed by atoms with Crippen LogP contribution >= 0.6 is 15.9 Å². The SMILES string of the molecule is Cc1ccc2c(c1)C(c1ccc(F)cc1)N(C(=O)c1ccc(Br)cc1)CC(=O)N2. The summed E-state index contributed by atoms with van der Waals surface area (Å²) in [4.78, 5) is 27.5. The third kappa shape index (κ3) is 3.93. The fourth-order valence-electron chi connectivity index (χ4n) is 3.58. The smallest absolute Gasteiger partial charge is 0.255 e. The number of carbonyl (C=O) groups is 2. The Bertz CT molecular complexity index is 1080. The average molecular weight is 453 g/mol. The zero-order valence-electron chi connectivity index (χ0n) is 15.7. The first kappa shape index (κ1) is 19.3. The van der Waals surface area contributed by atoms with Crippen LogP contribution in [0.5, 0.6) is 0 Å². The van der Waals surface area contributed by atoms with Gasteiger partial charge in [0.05, 0.1) is 6.04 Å². The number of aryl methyl sites for hydroxylation is 1. The number of hydrogen-bond acceptors (Lipinski definition) is 2. The molecule has 0 bridgehead atoms. The maximum absolute atomic E-state index is 13.6. The Morgan fingerprint density at radius 3 is 2.45 bits per heavy atom. The summed E-state index contributed by atoms with van der Waals surface area (Å²) >= 11 is 3.37. The molecule has 0 aromatic heterocycles. The van der Waals surface area contributed by atoms with Crippen LogP contribution in [-0.2, 0) is 4.79 Å². The Morgan fingerprint density at radius 1 is 1.07 bits per heavy atom. The van der Waals surface area contributed by atoms with Crippen LogP contribution in [0.3, 0.4) is 0 Å². The third-order valence-corrected chi connectivity index (χ3v) is 5.47. The average Bonchev–Trinajstić information content (AvgIpc) is 2.84. The summed E-state index contributed by atoms with van der Waals surface area (Å²) in [5.41, 5.74) is 3.67. The number of anilines is 1. The molecular formula is C23H18BrFN2O2. The van der Waals surface area contributed by atoms with Gasteiger partial charge in [-0.15, -0.1) is 0 Å². The van der Waals surface area contributed by atoms with Crippen LogP contribution in [0.4, 0.5) is 10.1 Å². The summed E-state index contributed by atoms with van der Waals surface area (Å²) < 4.78 is 14.4. The van der Waals surface area contributed by atoms with Crippen molar-refractivity contribution in [2.75, 3.05) is 11.9 Å². The number of carbonyl (C=O) groups excluding carboxylic acids is 2. The highest BCUT2D eigenvalue weighted by Gasteiger charge is 2.34. The van der Waals surface area contributed by atoms with Gasteiger partial charge in [-0.25, -0.2) is 4.39 Å². The molecule has 1 heterocycles. The van der Waals surface area contributed by atoms with E-state index in [0.717, 1.165) is 21.2 Å². The topological polar surface area (TPSA) is 49.4 Å². The quantitative estimate of drug-likeness (QED) is 0.589. The van der Waals surface area contributed by atoms with Crippen molar-refractivity contribution < 1.29 is 14.0 Å². The Balaban J connectivity index is 1.88. The van der Waals surface area contributed by atoms with Gasteiger partial charge in [0.1, 0.15) is 12.4 Å². The number of fused-ring (bicyclic) bond motifs is 1. The van der Waals surface area contributed by atoms with E-state index in [0.29, 0.717) is 11.3 Å². The Morgan fingerprint density at radius 2 is 1.76 bits per heavy atom. The number of hydrogen-bond donors (Lipinski definition) is 1. The maximum atomic E-state index is 13.6. The minimum atomic E-state index is -0.527. The summed E-state index contributed by atoms with van der Waals surface area (Å²) in [6, 6.07) is 18.2. The van der Waals surface area contributed by atoms with Crippen LogP contribution in [0, 0.1) is 12.7 Å². The molecule has 0 radical (unpaired) electrons. The molecule has 4 nitrogen and oxygen atoms in total. The van der Waals surface area contributed by atoms with Crippen molar-refractivity contribution in [3.8, 4) is 0 Å². The highest BCUT2D eigenvalue weighted by molar-refractivity contribution is 9.10. The van der Waals surface area contributed by atoms with Crippen LogP contribution in [0.2, 0.25) is 0 Å². The predicted molar refractivity (Wildman–Crippen MR) is 113 cm³/mol. The van der Waals surface area contributed by atoms with Crippen LogP contribution in [0.25, 0.3) is 0 Å². The first-order valence-corrected chi connectivity index (χ1v) is 9.94. The molecule has 3 aromatic rings. The second-order valence-electron chi connectivity index (χ2n) is 7.03. The molecular weight excluding hydrogens is 435 g/mol. The largest absolute Gasteiger partial charge is 0.324 e. The Hall–Kier alpha value is -2.99. The summed E-state index contributed by atoms with van der Waals surface area (Å²) in [5, 5.41) is 2.89. The number of nitrogens with zero attached hydrogens (tertiary/aromatic N) is 1. The van der Waals surface area contributed by atoms with Gasteiger partial charge in [0.2, 0.25) is 5.91 Å². The van der Waals surface area contributed by atoms with E-state index < -0.39 is 6.04 Å². The molecule has 1 atom stereocenters. The lowest BCUT2D eigenvalue weighted by Crippen LogP contribution is -2.39. The van der Waals surface area contributed by atoms with Crippen molar-refractivity contribution in [1.29, 1.82) is 0 Å². The lowest BCUT2D eigenvalue weighted by molar-refractivity contribution is -0.117. The van der Waals surface area contributed by atoms with Gasteiger partial charge in [0, 0.05) is 21.3 Å². The van der Waals surface area contributed by atoms with E-state index >= 15 is 0 Å². The highest BCUT2D eigenvalue weighted by atomic mass is 79.9. The Kier molecular flexibility index (Phi) is 5.20. The van der Waals surface area contributed by atoms with Gasteiger partial charge >= 0.3 is 0 Å². The van der Waals surface area contributed by atoms with E-state index in [1.54, 1.807) is 36.4 Å². The van der Waals surface area contributed by atoms with Gasteiger partial charge in [0.25, 0.3) is 5.91 Å². The van der Waals surface area contributed by atoms with Crippen molar-refractivity contribution >= 4 is 33.4 Å². The van der Waals surface area contributed by atoms with Crippen LogP contribution in [0.1, 0.15) is 33.1 Å². The molecule has 2 amide bonds. The standard InChI is InChI=1S/C23H18BrFN2O2/c1-14-2-11-20-19(12-14)22(15-5-9-18(25)10-6-15)27(13-21(28)26-20)23(29)16-3-7-17(24)8-4-16/h2-12,22H,13H2,1H3,(H,26,28). The monoisotopic (exact) mass is 452 g/mol. The van der Waals surface area contributed by atoms with Gasteiger partial charge in [-0.3, -0.25) is 9.59 Å². The molecule has 146 valence electrons. The van der Waals surface area contributed by atoms with Gasteiger partial charge in [-0.2, -0.15) is 0 Å². The van der Waals surface area contributed by atoms with E-state index in [2.05, 4.69) is 21.2 Å². The van der Waals surface area contributed by atoms with Crippen LogP contribution < -0.4 is 5.32 Å². The van der Waals surface area contributed by atoms with E-state index in [9.17, 15) is 14.0 Å². The lowest BCUT2D eigenvalue weighted by atomic mass is 9.94. The molecule has 3 aromatic carbocycles. The molecule has 1 aliphatic rings. The molecule has 1 N–H and O–H groups in total. The van der Waals surface area contributed by atoms with E-state index in [-0.39, 0.29) is 24.2 Å². The number of amides is 2. The highest BCUT2D eigenvalue weighted by Crippen LogP contribution is 2.37. The third-order valence-electron chi connectivity index (χ3n) is 4.94. The van der Waals surface area contributed by atoms with Gasteiger partial charge in [0.15, 0.2) is 0 Å². The molecule has 0 saturated carbocycles. The van der Waals surface area contributed by atoms with E-state index in [4.69, 9.17) is 0 Å². The predicted octanol–water partition coefficient (Wildman–Crippen LogP) is 5.08. The zero-order valence-corrected chi connectivity index (χ0v) is 17.2. The fourth-order valence-corrected chi connectivity index (χ4v) is 3.84. The summed E-state index contributed by atoms with van der Waals surface area (Å²) in [6.07, 6.45) is 0. The molecule has 1 unspecified atom stereocenters. The van der Waals surface area contributed by atoms with E-state index in [1.807, 2.05) is 25.1 Å². The summed E-state index contributed by atoms with van der Waals surface area (Å²) in [6.45, 7) is 1.85. The summed E-state index contributed by atoms with van der Waals surface area (Å²) in [5.74, 6) is -0.895. The zero-order chi connectivity index (χ0) is 20.5. The van der Waals surface area contributed by atoms with Crippen molar-refractivity contribution in [3.05, 3.63) is 99.3 Å². The molecule has 0 spiro atoms. The second kappa shape index (κ2) is 7.79. The van der Waals surface area contributed by atoms with Crippen molar-refractivity contribution in [3.63, 3.8) is 0 Å². The molecule has 29 heavy (non-hydrogen) atoms. The van der Waals surface area contributed by atoms with Gasteiger partial charge in [-0.1, -0.05) is 45.8 Å². The number of nitrogens with one attached hydrogen (secondary N) is 1. The molecule has 0 saturated heterocycles. The fraction of sp³-hybridized carbons (Fsp3) is 0.130. The minimum Gasteiger partial charge on any atom is -0.324 e. The number of halogens is 2. The van der Waals surface area contributed by atoms with Crippen molar-refractivity contribution in [2.45, 2.75) is 13.0 Å². The van der Waals surface area contributed by atoms with Gasteiger partial charge < -0.3 is 10.2 Å². The molecule has 0 aliphatic carbocycles. The normalized spacial score (nSPS) is 16.0. The first-order chi connectivity index (χ1) is 13.9. The van der Waals surface area contributed by atoms with E-state index in [1.165, 1.54) is 17.0 Å². The maximum Gasteiger partial charge on any atom is 0.255 e. The second-order valence-corrected chi connectivity index (χ2v) is 7.95. The van der Waals surface area contributed by atoms with Gasteiger partial charge in [-0.05, 0) is 55.0 Å². The minimum absolute atomic E-state index is 0.106. The molecule has 1 aliphatic heterocycles. The van der Waals surface area contributed by atoms with Crippen LogP contribution in [0.15, 0.2) is 71.2 Å². The molecule has 0 fully saturated rings.